The van der Waals surface area contributed by atoms with Crippen molar-refractivity contribution in [3.63, 3.8) is 0 Å². The van der Waals surface area contributed by atoms with Crippen molar-refractivity contribution in [1.29, 1.82) is 0 Å². The Bertz CT molecular complexity index is 400. The highest BCUT2D eigenvalue weighted by Crippen LogP contribution is 2.10. The van der Waals surface area contributed by atoms with Gasteiger partial charge < -0.3 is 14.6 Å². The van der Waals surface area contributed by atoms with E-state index < -0.39 is 0 Å². The van der Waals surface area contributed by atoms with Crippen molar-refractivity contribution in [2.75, 3.05) is 13.2 Å². The number of rotatable bonds is 7. The number of amides is 1. The van der Waals surface area contributed by atoms with Crippen LogP contribution in [0.3, 0.4) is 0 Å². The third kappa shape index (κ3) is 4.63. The van der Waals surface area contributed by atoms with Gasteiger partial charge in [-0.25, -0.2) is 0 Å². The second kappa shape index (κ2) is 7.23. The summed E-state index contributed by atoms with van der Waals surface area (Å²) in [7, 11) is 0. The maximum absolute atomic E-state index is 11.6. The molecule has 1 aromatic heterocycles. The van der Waals surface area contributed by atoms with Gasteiger partial charge in [-0.3, -0.25) is 4.79 Å². The smallest absolute Gasteiger partial charge is 0.227 e. The van der Waals surface area contributed by atoms with Gasteiger partial charge in [0.25, 0.3) is 0 Å². The Hall–Kier alpha value is -1.43. The number of nitrogens with zero attached hydrogens (tertiary/aromatic N) is 2. The SMILES string of the molecule is CCCc1noc(CCC(=O)NCC2CCCO2)n1. The maximum Gasteiger partial charge on any atom is 0.227 e. The molecule has 6 heteroatoms. The summed E-state index contributed by atoms with van der Waals surface area (Å²) in [5, 5.41) is 6.73. The zero-order valence-electron chi connectivity index (χ0n) is 11.4. The average molecular weight is 267 g/mol. The Kier molecular flexibility index (Phi) is 5.32. The van der Waals surface area contributed by atoms with Crippen LogP contribution in [-0.4, -0.2) is 35.3 Å². The lowest BCUT2D eigenvalue weighted by atomic mass is 10.2. The number of hydrogen-bond donors (Lipinski definition) is 1. The molecule has 1 aliphatic rings. The summed E-state index contributed by atoms with van der Waals surface area (Å²) in [6.45, 7) is 3.47. The number of carbonyl (C=O) groups is 1. The van der Waals surface area contributed by atoms with E-state index in [2.05, 4.69) is 22.4 Å². The lowest BCUT2D eigenvalue weighted by Crippen LogP contribution is -2.31. The molecule has 106 valence electrons. The molecule has 2 heterocycles. The molecule has 1 saturated heterocycles. The van der Waals surface area contributed by atoms with Gasteiger partial charge in [0.05, 0.1) is 6.10 Å². The van der Waals surface area contributed by atoms with Crippen LogP contribution in [-0.2, 0) is 22.4 Å². The predicted molar refractivity (Wildman–Crippen MR) is 68.6 cm³/mol. The first-order valence-electron chi connectivity index (χ1n) is 6.97. The zero-order chi connectivity index (χ0) is 13.5. The van der Waals surface area contributed by atoms with Crippen molar-refractivity contribution < 1.29 is 14.1 Å². The van der Waals surface area contributed by atoms with Crippen molar-refractivity contribution in [3.05, 3.63) is 11.7 Å². The lowest BCUT2D eigenvalue weighted by Gasteiger charge is -2.09. The van der Waals surface area contributed by atoms with Crippen LogP contribution < -0.4 is 5.32 Å². The average Bonchev–Trinajstić information content (AvgIpc) is 3.05. The van der Waals surface area contributed by atoms with E-state index in [0.717, 1.165) is 38.1 Å². The van der Waals surface area contributed by atoms with E-state index in [1.165, 1.54) is 0 Å². The molecule has 0 aliphatic carbocycles. The van der Waals surface area contributed by atoms with Crippen molar-refractivity contribution in [2.24, 2.45) is 0 Å². The molecule has 1 aliphatic heterocycles. The molecule has 0 bridgehead atoms. The Balaban J connectivity index is 1.64. The highest BCUT2D eigenvalue weighted by Gasteiger charge is 2.16. The summed E-state index contributed by atoms with van der Waals surface area (Å²) >= 11 is 0. The molecule has 19 heavy (non-hydrogen) atoms. The van der Waals surface area contributed by atoms with E-state index in [1.54, 1.807) is 0 Å². The fourth-order valence-corrected chi connectivity index (χ4v) is 2.06. The topological polar surface area (TPSA) is 77.2 Å². The Morgan fingerprint density at radius 3 is 3.11 bits per heavy atom. The Morgan fingerprint density at radius 1 is 1.47 bits per heavy atom. The molecule has 1 amide bonds. The minimum atomic E-state index is 0.00532. The van der Waals surface area contributed by atoms with Gasteiger partial charge in [-0.1, -0.05) is 12.1 Å². The number of ether oxygens (including phenoxy) is 1. The van der Waals surface area contributed by atoms with Crippen LogP contribution in [0.2, 0.25) is 0 Å². The van der Waals surface area contributed by atoms with Gasteiger partial charge >= 0.3 is 0 Å². The summed E-state index contributed by atoms with van der Waals surface area (Å²) in [6, 6.07) is 0. The number of aromatic nitrogens is 2. The molecule has 0 radical (unpaired) electrons. The van der Waals surface area contributed by atoms with Gasteiger partial charge in [-0.15, -0.1) is 0 Å². The maximum atomic E-state index is 11.6. The first-order valence-corrected chi connectivity index (χ1v) is 6.97. The summed E-state index contributed by atoms with van der Waals surface area (Å²) in [4.78, 5) is 15.9. The van der Waals surface area contributed by atoms with Crippen LogP contribution in [0.15, 0.2) is 4.52 Å². The second-order valence-electron chi connectivity index (χ2n) is 4.79. The van der Waals surface area contributed by atoms with Crippen LogP contribution in [0.5, 0.6) is 0 Å². The predicted octanol–water partition coefficient (Wildman–Crippen LogP) is 1.25. The molecule has 0 saturated carbocycles. The van der Waals surface area contributed by atoms with E-state index in [1.807, 2.05) is 0 Å². The van der Waals surface area contributed by atoms with E-state index in [-0.39, 0.29) is 12.0 Å². The third-order valence-electron chi connectivity index (χ3n) is 3.10. The minimum absolute atomic E-state index is 0.00532. The van der Waals surface area contributed by atoms with Crippen LogP contribution in [0.1, 0.15) is 44.3 Å². The molecule has 1 N–H and O–H groups in total. The van der Waals surface area contributed by atoms with Crippen LogP contribution in [0.25, 0.3) is 0 Å². The van der Waals surface area contributed by atoms with Gasteiger partial charge in [0.1, 0.15) is 0 Å². The van der Waals surface area contributed by atoms with E-state index >= 15 is 0 Å². The van der Waals surface area contributed by atoms with Gasteiger partial charge in [-0.05, 0) is 19.3 Å². The van der Waals surface area contributed by atoms with Crippen molar-refractivity contribution in [3.8, 4) is 0 Å². The second-order valence-corrected chi connectivity index (χ2v) is 4.79. The monoisotopic (exact) mass is 267 g/mol. The van der Waals surface area contributed by atoms with Crippen molar-refractivity contribution >= 4 is 5.91 Å². The van der Waals surface area contributed by atoms with Gasteiger partial charge in [0.2, 0.25) is 11.8 Å². The lowest BCUT2D eigenvalue weighted by molar-refractivity contribution is -0.121. The molecule has 0 aromatic carbocycles. The van der Waals surface area contributed by atoms with Gasteiger partial charge in [0.15, 0.2) is 5.82 Å². The normalized spacial score (nSPS) is 18.7. The molecule has 1 atom stereocenters. The molecule has 2 rings (SSSR count). The molecule has 1 unspecified atom stereocenters. The standard InChI is InChI=1S/C13H21N3O3/c1-2-4-11-15-13(19-16-11)7-6-12(17)14-9-10-5-3-8-18-10/h10H,2-9H2,1H3,(H,14,17). The summed E-state index contributed by atoms with van der Waals surface area (Å²) in [6.07, 6.45) is 4.97. The number of nitrogens with one attached hydrogen (secondary N) is 1. The van der Waals surface area contributed by atoms with E-state index in [9.17, 15) is 4.79 Å². The Morgan fingerprint density at radius 2 is 2.37 bits per heavy atom. The molecular weight excluding hydrogens is 246 g/mol. The highest BCUT2D eigenvalue weighted by molar-refractivity contribution is 5.76. The van der Waals surface area contributed by atoms with Crippen molar-refractivity contribution in [1.82, 2.24) is 15.5 Å². The summed E-state index contributed by atoms with van der Waals surface area (Å²) in [5.41, 5.74) is 0. The fraction of sp³-hybridized carbons (Fsp3) is 0.769. The first-order chi connectivity index (χ1) is 9.28. The molecule has 0 spiro atoms. The Labute approximate surface area is 112 Å². The number of aryl methyl sites for hydroxylation is 2. The van der Waals surface area contributed by atoms with Crippen LogP contribution in [0.4, 0.5) is 0 Å². The number of carbonyl (C=O) groups excluding carboxylic acids is 1. The zero-order valence-corrected chi connectivity index (χ0v) is 11.4. The van der Waals surface area contributed by atoms with Crippen LogP contribution in [0, 0.1) is 0 Å². The van der Waals surface area contributed by atoms with E-state index in [4.69, 9.17) is 9.26 Å². The largest absolute Gasteiger partial charge is 0.376 e. The molecular formula is C13H21N3O3. The number of hydrogen-bond acceptors (Lipinski definition) is 5. The fourth-order valence-electron chi connectivity index (χ4n) is 2.06. The van der Waals surface area contributed by atoms with Crippen molar-refractivity contribution in [2.45, 2.75) is 51.6 Å². The van der Waals surface area contributed by atoms with Gasteiger partial charge in [0, 0.05) is 32.4 Å². The highest BCUT2D eigenvalue weighted by atomic mass is 16.5. The van der Waals surface area contributed by atoms with Gasteiger partial charge in [-0.2, -0.15) is 4.98 Å². The quantitative estimate of drug-likeness (QED) is 0.804. The molecule has 1 fully saturated rings. The third-order valence-corrected chi connectivity index (χ3v) is 3.10. The molecule has 1 aromatic rings. The molecule has 6 nitrogen and oxygen atoms in total. The summed E-state index contributed by atoms with van der Waals surface area (Å²) < 4.78 is 10.5. The minimum Gasteiger partial charge on any atom is -0.376 e. The van der Waals surface area contributed by atoms with E-state index in [0.29, 0.717) is 25.3 Å². The first kappa shape index (κ1) is 14.0. The van der Waals surface area contributed by atoms with Crippen LogP contribution >= 0.6 is 0 Å². The summed E-state index contributed by atoms with van der Waals surface area (Å²) in [5.74, 6) is 1.26.